The van der Waals surface area contributed by atoms with Crippen molar-refractivity contribution in [3.8, 4) is 22.9 Å². The number of hydrogen-bond donors (Lipinski definition) is 2. The van der Waals surface area contributed by atoms with E-state index in [0.29, 0.717) is 16.8 Å². The van der Waals surface area contributed by atoms with Gasteiger partial charge in [0, 0.05) is 16.8 Å². The van der Waals surface area contributed by atoms with Crippen LogP contribution in [0.2, 0.25) is 0 Å². The summed E-state index contributed by atoms with van der Waals surface area (Å²) in [6.45, 7) is 0. The summed E-state index contributed by atoms with van der Waals surface area (Å²) in [7, 11) is 0. The van der Waals surface area contributed by atoms with Crippen LogP contribution < -0.4 is 5.32 Å². The number of carbonyl (C=O) groups is 1. The standard InChI is InChI=1S/C20H14N2O2/c21-13-14-5-7-16(8-6-14)20(24)22-19-4-2-1-3-18(19)15-9-11-17(23)12-10-15/h1-12,23H,(H,22,24). The fraction of sp³-hybridized carbons (Fsp3) is 0. The lowest BCUT2D eigenvalue weighted by Gasteiger charge is -2.11. The quantitative estimate of drug-likeness (QED) is 0.761. The normalized spacial score (nSPS) is 9.96. The number of anilines is 1. The third-order valence-corrected chi connectivity index (χ3v) is 3.63. The van der Waals surface area contributed by atoms with Gasteiger partial charge in [0.25, 0.3) is 5.91 Å². The van der Waals surface area contributed by atoms with Gasteiger partial charge in [-0.15, -0.1) is 0 Å². The van der Waals surface area contributed by atoms with Gasteiger partial charge < -0.3 is 10.4 Å². The molecule has 0 radical (unpaired) electrons. The highest BCUT2D eigenvalue weighted by Gasteiger charge is 2.10. The predicted molar refractivity (Wildman–Crippen MR) is 92.7 cm³/mol. The molecule has 0 fully saturated rings. The van der Waals surface area contributed by atoms with E-state index in [-0.39, 0.29) is 11.7 Å². The second-order valence-electron chi connectivity index (χ2n) is 5.24. The number of nitrogens with zero attached hydrogens (tertiary/aromatic N) is 1. The van der Waals surface area contributed by atoms with Gasteiger partial charge in [0.1, 0.15) is 5.75 Å². The zero-order chi connectivity index (χ0) is 16.9. The van der Waals surface area contributed by atoms with Crippen LogP contribution in [0, 0.1) is 11.3 Å². The van der Waals surface area contributed by atoms with Crippen molar-refractivity contribution >= 4 is 11.6 Å². The second-order valence-corrected chi connectivity index (χ2v) is 5.24. The van der Waals surface area contributed by atoms with E-state index in [1.807, 2.05) is 30.3 Å². The number of benzene rings is 3. The Morgan fingerprint density at radius 3 is 2.25 bits per heavy atom. The van der Waals surface area contributed by atoms with Crippen molar-refractivity contribution in [1.82, 2.24) is 0 Å². The molecule has 0 saturated carbocycles. The number of nitriles is 1. The number of amides is 1. The molecule has 0 aliphatic heterocycles. The summed E-state index contributed by atoms with van der Waals surface area (Å²) in [6.07, 6.45) is 0. The number of aromatic hydroxyl groups is 1. The van der Waals surface area contributed by atoms with Crippen LogP contribution in [0.15, 0.2) is 72.8 Å². The smallest absolute Gasteiger partial charge is 0.255 e. The first-order valence-electron chi connectivity index (χ1n) is 7.37. The fourth-order valence-corrected chi connectivity index (χ4v) is 2.38. The predicted octanol–water partition coefficient (Wildman–Crippen LogP) is 4.18. The minimum Gasteiger partial charge on any atom is -0.508 e. The average molecular weight is 314 g/mol. The molecule has 0 aliphatic carbocycles. The van der Waals surface area contributed by atoms with Crippen LogP contribution >= 0.6 is 0 Å². The lowest BCUT2D eigenvalue weighted by molar-refractivity contribution is 0.102. The average Bonchev–Trinajstić information content (AvgIpc) is 2.63. The molecular formula is C20H14N2O2. The minimum atomic E-state index is -0.245. The van der Waals surface area contributed by atoms with Crippen molar-refractivity contribution in [3.05, 3.63) is 83.9 Å². The topological polar surface area (TPSA) is 73.1 Å². The van der Waals surface area contributed by atoms with E-state index in [2.05, 4.69) is 5.32 Å². The van der Waals surface area contributed by atoms with Gasteiger partial charge in [-0.3, -0.25) is 4.79 Å². The summed E-state index contributed by atoms with van der Waals surface area (Å²) in [5.41, 5.74) is 3.42. The van der Waals surface area contributed by atoms with Gasteiger partial charge in [0.15, 0.2) is 0 Å². The summed E-state index contributed by atoms with van der Waals surface area (Å²) >= 11 is 0. The molecule has 0 bridgehead atoms. The van der Waals surface area contributed by atoms with E-state index in [1.165, 1.54) is 0 Å². The molecule has 0 unspecified atom stereocenters. The number of nitrogens with one attached hydrogen (secondary N) is 1. The Bertz CT molecular complexity index is 908. The SMILES string of the molecule is N#Cc1ccc(C(=O)Nc2ccccc2-c2ccc(O)cc2)cc1. The molecule has 0 aromatic heterocycles. The Kier molecular flexibility index (Phi) is 4.26. The zero-order valence-electron chi connectivity index (χ0n) is 12.7. The first kappa shape index (κ1) is 15.3. The number of phenolic OH excluding ortho intramolecular Hbond substituents is 1. The van der Waals surface area contributed by atoms with Crippen molar-refractivity contribution in [2.75, 3.05) is 5.32 Å². The Morgan fingerprint density at radius 1 is 0.917 bits per heavy atom. The number of hydrogen-bond acceptors (Lipinski definition) is 3. The molecule has 3 rings (SSSR count). The molecule has 4 nitrogen and oxygen atoms in total. The molecule has 0 aliphatic rings. The molecule has 4 heteroatoms. The lowest BCUT2D eigenvalue weighted by Crippen LogP contribution is -2.12. The lowest BCUT2D eigenvalue weighted by atomic mass is 10.0. The second kappa shape index (κ2) is 6.67. The molecule has 0 saturated heterocycles. The number of para-hydroxylation sites is 1. The fourth-order valence-electron chi connectivity index (χ4n) is 2.38. The van der Waals surface area contributed by atoms with Crippen molar-refractivity contribution in [3.63, 3.8) is 0 Å². The molecule has 3 aromatic rings. The molecule has 0 atom stereocenters. The summed E-state index contributed by atoms with van der Waals surface area (Å²) in [4.78, 5) is 12.4. The number of carbonyl (C=O) groups excluding carboxylic acids is 1. The molecule has 0 heterocycles. The molecule has 1 amide bonds. The third kappa shape index (κ3) is 3.26. The summed E-state index contributed by atoms with van der Waals surface area (Å²) < 4.78 is 0. The van der Waals surface area contributed by atoms with Crippen LogP contribution in [0.3, 0.4) is 0 Å². The van der Waals surface area contributed by atoms with E-state index in [4.69, 9.17) is 5.26 Å². The van der Waals surface area contributed by atoms with E-state index in [9.17, 15) is 9.90 Å². The van der Waals surface area contributed by atoms with E-state index in [0.717, 1.165) is 11.1 Å². The van der Waals surface area contributed by atoms with Crippen molar-refractivity contribution in [2.45, 2.75) is 0 Å². The van der Waals surface area contributed by atoms with Gasteiger partial charge in [-0.2, -0.15) is 5.26 Å². The maximum absolute atomic E-state index is 12.4. The molecule has 3 aromatic carbocycles. The van der Waals surface area contributed by atoms with Crippen LogP contribution in [0.1, 0.15) is 15.9 Å². The highest BCUT2D eigenvalue weighted by molar-refractivity contribution is 6.06. The van der Waals surface area contributed by atoms with Crippen LogP contribution in [-0.2, 0) is 0 Å². The molecule has 2 N–H and O–H groups in total. The van der Waals surface area contributed by atoms with Gasteiger partial charge in [-0.05, 0) is 48.0 Å². The first-order chi connectivity index (χ1) is 11.7. The van der Waals surface area contributed by atoms with Gasteiger partial charge in [0.2, 0.25) is 0 Å². The zero-order valence-corrected chi connectivity index (χ0v) is 12.7. The summed E-state index contributed by atoms with van der Waals surface area (Å²) in [5.74, 6) is -0.0523. The number of phenols is 1. The highest BCUT2D eigenvalue weighted by atomic mass is 16.3. The Labute approximate surface area is 139 Å². The molecule has 116 valence electrons. The summed E-state index contributed by atoms with van der Waals surface area (Å²) in [5, 5.41) is 21.1. The van der Waals surface area contributed by atoms with E-state index >= 15 is 0 Å². The molecule has 0 spiro atoms. The molecule has 24 heavy (non-hydrogen) atoms. The maximum atomic E-state index is 12.4. The van der Waals surface area contributed by atoms with Crippen LogP contribution in [0.5, 0.6) is 5.75 Å². The van der Waals surface area contributed by atoms with E-state index in [1.54, 1.807) is 48.5 Å². The van der Waals surface area contributed by atoms with Crippen LogP contribution in [-0.4, -0.2) is 11.0 Å². The van der Waals surface area contributed by atoms with Gasteiger partial charge in [-0.1, -0.05) is 30.3 Å². The summed E-state index contributed by atoms with van der Waals surface area (Å²) in [6, 6.07) is 22.8. The van der Waals surface area contributed by atoms with E-state index < -0.39 is 0 Å². The van der Waals surface area contributed by atoms with Crippen LogP contribution in [0.25, 0.3) is 11.1 Å². The first-order valence-corrected chi connectivity index (χ1v) is 7.37. The van der Waals surface area contributed by atoms with Gasteiger partial charge in [0.05, 0.1) is 11.6 Å². The molecular weight excluding hydrogens is 300 g/mol. The van der Waals surface area contributed by atoms with Crippen molar-refractivity contribution in [1.29, 1.82) is 5.26 Å². The monoisotopic (exact) mass is 314 g/mol. The van der Waals surface area contributed by atoms with Gasteiger partial charge in [-0.25, -0.2) is 0 Å². The van der Waals surface area contributed by atoms with Gasteiger partial charge >= 0.3 is 0 Å². The van der Waals surface area contributed by atoms with Crippen molar-refractivity contribution < 1.29 is 9.90 Å². The number of rotatable bonds is 3. The Hall–Kier alpha value is -3.58. The van der Waals surface area contributed by atoms with Crippen molar-refractivity contribution in [2.24, 2.45) is 0 Å². The largest absolute Gasteiger partial charge is 0.508 e. The Balaban J connectivity index is 1.88. The maximum Gasteiger partial charge on any atom is 0.255 e. The van der Waals surface area contributed by atoms with Crippen LogP contribution in [0.4, 0.5) is 5.69 Å². The highest BCUT2D eigenvalue weighted by Crippen LogP contribution is 2.29. The minimum absolute atomic E-state index is 0.192. The third-order valence-electron chi connectivity index (χ3n) is 3.63. The Morgan fingerprint density at radius 2 is 1.58 bits per heavy atom.